The van der Waals surface area contributed by atoms with E-state index >= 15 is 0 Å². The van der Waals surface area contributed by atoms with Gasteiger partial charge in [-0.25, -0.2) is 0 Å². The van der Waals surface area contributed by atoms with Crippen molar-refractivity contribution in [3.05, 3.63) is 75.4 Å². The minimum absolute atomic E-state index is 0.0235. The number of nitroso groups, excluding NO2 is 1. The second-order valence-corrected chi connectivity index (χ2v) is 13.3. The molecule has 2 atom stereocenters. The number of hydrazine groups is 1. The second-order valence-electron chi connectivity index (χ2n) is 13.3. The molecule has 45 heavy (non-hydrogen) atoms. The maximum absolute atomic E-state index is 14.4. The first-order chi connectivity index (χ1) is 21.3. The Bertz CT molecular complexity index is 1490. The Hall–Kier alpha value is -4.12. The SMILES string of the molecule is CCC(C)c1cccc2c1CN([N+](=O)C1(C)COC(c3ccc(C(=O)NC(C)(C)C)cc3)=C(OC)C(=O)N1C1CC(OC)C1)O2. The van der Waals surface area contributed by atoms with Crippen molar-refractivity contribution < 1.29 is 33.5 Å². The lowest BCUT2D eigenvalue weighted by Crippen LogP contribution is -2.67. The highest BCUT2D eigenvalue weighted by Gasteiger charge is 2.62. The fourth-order valence-electron chi connectivity index (χ4n) is 6.14. The molecule has 0 spiro atoms. The Kier molecular flexibility index (Phi) is 8.86. The Morgan fingerprint density at radius 1 is 1.16 bits per heavy atom. The average Bonchev–Trinajstić information content (AvgIpc) is 3.39. The van der Waals surface area contributed by atoms with Crippen LogP contribution in [0.5, 0.6) is 5.75 Å². The zero-order chi connectivity index (χ0) is 32.7. The summed E-state index contributed by atoms with van der Waals surface area (Å²) in [4.78, 5) is 49.9. The van der Waals surface area contributed by atoms with E-state index in [1.54, 1.807) is 43.2 Å². The molecule has 1 aliphatic carbocycles. The molecule has 2 aromatic rings. The van der Waals surface area contributed by atoms with E-state index in [2.05, 4.69) is 25.2 Å². The van der Waals surface area contributed by atoms with Crippen LogP contribution in [0, 0.1) is 4.91 Å². The van der Waals surface area contributed by atoms with Crippen molar-refractivity contribution in [3.63, 3.8) is 0 Å². The van der Waals surface area contributed by atoms with Gasteiger partial charge in [0.25, 0.3) is 11.8 Å². The maximum Gasteiger partial charge on any atom is 0.354 e. The van der Waals surface area contributed by atoms with E-state index in [4.69, 9.17) is 19.0 Å². The van der Waals surface area contributed by atoms with Gasteiger partial charge in [-0.3, -0.25) is 14.5 Å². The van der Waals surface area contributed by atoms with Crippen LogP contribution < -0.4 is 10.2 Å². The topological polar surface area (TPSA) is 110 Å². The molecule has 242 valence electrons. The molecule has 0 saturated heterocycles. The molecular weight excluding hydrogens is 576 g/mol. The van der Waals surface area contributed by atoms with Crippen molar-refractivity contribution in [1.82, 2.24) is 15.4 Å². The number of fused-ring (bicyclic) bond motifs is 1. The monoisotopic (exact) mass is 621 g/mol. The molecule has 0 aromatic heterocycles. The van der Waals surface area contributed by atoms with Gasteiger partial charge in [0, 0.05) is 47.5 Å². The van der Waals surface area contributed by atoms with Gasteiger partial charge >= 0.3 is 5.66 Å². The van der Waals surface area contributed by atoms with Crippen LogP contribution in [0.15, 0.2) is 48.2 Å². The van der Waals surface area contributed by atoms with E-state index in [-0.39, 0.29) is 42.7 Å². The van der Waals surface area contributed by atoms with Crippen molar-refractivity contribution >= 4 is 17.6 Å². The Morgan fingerprint density at radius 2 is 1.84 bits per heavy atom. The molecule has 2 aliphatic heterocycles. The number of nitrogens with one attached hydrogen (secondary N) is 1. The minimum atomic E-state index is -1.50. The standard InChI is InChI=1S/C34H44N4O7/c1-9-21(2)26-11-10-12-28-27(26)19-36(45-28)38(41)34(6)20-44-29(22-13-15-23(16-14-22)31(39)35-33(3,4)5)30(43-8)32(40)37(34)24-17-25(18-24)42-7/h10-16,21,24-25H,9,17-20H2,1-8H3/p+1. The highest BCUT2D eigenvalue weighted by molar-refractivity contribution is 5.99. The molecule has 1 N–H and O–H groups in total. The maximum atomic E-state index is 14.4. The summed E-state index contributed by atoms with van der Waals surface area (Å²) in [6, 6.07) is 12.3. The fourth-order valence-corrected chi connectivity index (χ4v) is 6.14. The number of carbonyl (C=O) groups excluding carboxylic acids is 2. The van der Waals surface area contributed by atoms with Crippen LogP contribution in [0.25, 0.3) is 5.76 Å². The lowest BCUT2D eigenvalue weighted by Gasteiger charge is -2.44. The summed E-state index contributed by atoms with van der Waals surface area (Å²) in [5.74, 6) is 0.402. The van der Waals surface area contributed by atoms with Gasteiger partial charge in [0.1, 0.15) is 6.54 Å². The van der Waals surface area contributed by atoms with Crippen LogP contribution in [0.1, 0.15) is 93.8 Å². The molecule has 2 amide bonds. The number of hydroxylamine groups is 1. The summed E-state index contributed by atoms with van der Waals surface area (Å²) in [5.41, 5.74) is 1.20. The molecule has 2 unspecified atom stereocenters. The largest absolute Gasteiger partial charge is 0.488 e. The Balaban J connectivity index is 1.48. The van der Waals surface area contributed by atoms with Crippen molar-refractivity contribution in [1.29, 1.82) is 0 Å². The van der Waals surface area contributed by atoms with Gasteiger partial charge in [0.05, 0.1) is 18.1 Å². The summed E-state index contributed by atoms with van der Waals surface area (Å²) < 4.78 is 17.5. The smallest absolute Gasteiger partial charge is 0.354 e. The van der Waals surface area contributed by atoms with Crippen molar-refractivity contribution in [2.45, 2.75) is 96.6 Å². The predicted molar refractivity (Wildman–Crippen MR) is 168 cm³/mol. The predicted octanol–water partition coefficient (Wildman–Crippen LogP) is 5.30. The number of hydrogen-bond donors (Lipinski definition) is 1. The molecule has 5 rings (SSSR count). The van der Waals surface area contributed by atoms with Crippen LogP contribution >= 0.6 is 0 Å². The van der Waals surface area contributed by atoms with E-state index in [1.165, 1.54) is 12.3 Å². The molecule has 2 heterocycles. The number of ether oxygens (including phenoxy) is 3. The number of benzene rings is 2. The number of nitrogens with zero attached hydrogens (tertiary/aromatic N) is 3. The summed E-state index contributed by atoms with van der Waals surface area (Å²) >= 11 is 0. The van der Waals surface area contributed by atoms with Crippen LogP contribution in [-0.2, 0) is 25.5 Å². The van der Waals surface area contributed by atoms with Crippen LogP contribution in [-0.4, -0.2) is 70.9 Å². The molecule has 2 aromatic carbocycles. The van der Waals surface area contributed by atoms with Crippen molar-refractivity contribution in [2.24, 2.45) is 0 Å². The lowest BCUT2D eigenvalue weighted by molar-refractivity contribution is -0.824. The van der Waals surface area contributed by atoms with Gasteiger partial charge < -0.3 is 24.4 Å². The van der Waals surface area contributed by atoms with Crippen LogP contribution in [0.3, 0.4) is 0 Å². The number of carbonyl (C=O) groups is 2. The molecule has 1 fully saturated rings. The van der Waals surface area contributed by atoms with Gasteiger partial charge in [-0.15, -0.1) is 0 Å². The zero-order valence-electron chi connectivity index (χ0n) is 27.5. The second kappa shape index (κ2) is 12.3. The fraction of sp³-hybridized carbons (Fsp3) is 0.529. The molecule has 0 bridgehead atoms. The van der Waals surface area contributed by atoms with E-state index in [0.29, 0.717) is 35.6 Å². The highest BCUT2D eigenvalue weighted by Crippen LogP contribution is 2.41. The van der Waals surface area contributed by atoms with Crippen LogP contribution in [0.4, 0.5) is 0 Å². The van der Waals surface area contributed by atoms with Gasteiger partial charge in [-0.05, 0) is 69.7 Å². The Morgan fingerprint density at radius 3 is 2.44 bits per heavy atom. The highest BCUT2D eigenvalue weighted by atomic mass is 16.7. The quantitative estimate of drug-likeness (QED) is 0.376. The third-order valence-electron chi connectivity index (χ3n) is 8.92. The third kappa shape index (κ3) is 6.10. The average molecular weight is 622 g/mol. The lowest BCUT2D eigenvalue weighted by atomic mass is 9.86. The van der Waals surface area contributed by atoms with Gasteiger partial charge in [-0.1, -0.05) is 38.1 Å². The van der Waals surface area contributed by atoms with Crippen molar-refractivity contribution in [2.75, 3.05) is 20.8 Å². The van der Waals surface area contributed by atoms with Crippen LogP contribution in [0.2, 0.25) is 0 Å². The third-order valence-corrected chi connectivity index (χ3v) is 8.92. The van der Waals surface area contributed by atoms with E-state index in [9.17, 15) is 14.5 Å². The van der Waals surface area contributed by atoms with Gasteiger partial charge in [0.2, 0.25) is 5.76 Å². The van der Waals surface area contributed by atoms with E-state index < -0.39 is 17.1 Å². The van der Waals surface area contributed by atoms with Gasteiger partial charge in [-0.2, -0.15) is 0 Å². The number of rotatable bonds is 9. The number of methoxy groups -OCH3 is 2. The van der Waals surface area contributed by atoms with Gasteiger partial charge in [0.15, 0.2) is 23.0 Å². The normalized spacial score (nSPS) is 23.8. The summed E-state index contributed by atoms with van der Waals surface area (Å²) in [5, 5.41) is 4.22. The first-order valence-corrected chi connectivity index (χ1v) is 15.6. The molecule has 1 saturated carbocycles. The molecule has 3 aliphatic rings. The first kappa shape index (κ1) is 32.3. The zero-order valence-corrected chi connectivity index (χ0v) is 27.5. The molecule has 11 nitrogen and oxygen atoms in total. The Labute approximate surface area is 264 Å². The van der Waals surface area contributed by atoms with E-state index in [0.717, 1.165) is 22.4 Å². The summed E-state index contributed by atoms with van der Waals surface area (Å²) in [7, 11) is 3.05. The minimum Gasteiger partial charge on any atom is -0.488 e. The number of hydrogen-bond acceptors (Lipinski definition) is 7. The molecule has 0 radical (unpaired) electrons. The summed E-state index contributed by atoms with van der Waals surface area (Å²) in [6.07, 6.45) is 2.05. The first-order valence-electron chi connectivity index (χ1n) is 15.6. The number of amides is 2. The molecular formula is C34H45N4O7+. The van der Waals surface area contributed by atoms with Crippen molar-refractivity contribution in [3.8, 4) is 5.75 Å². The summed E-state index contributed by atoms with van der Waals surface area (Å²) in [6.45, 7) is 11.8. The van der Waals surface area contributed by atoms with E-state index in [1.807, 2.05) is 32.9 Å². The molecule has 11 heteroatoms.